The zero-order valence-corrected chi connectivity index (χ0v) is 9.63. The molecule has 0 bridgehead atoms. The van der Waals surface area contributed by atoms with Crippen molar-refractivity contribution in [1.82, 2.24) is 0 Å². The van der Waals surface area contributed by atoms with Gasteiger partial charge in [-0.1, -0.05) is 0 Å². The third-order valence-electron chi connectivity index (χ3n) is 1.38. The first-order valence-corrected chi connectivity index (χ1v) is 6.31. The lowest BCUT2D eigenvalue weighted by Gasteiger charge is -2.11. The molecular formula is C5H17NO2Si2. The summed E-state index contributed by atoms with van der Waals surface area (Å²) in [5.74, 6) is 0. The predicted octanol–water partition coefficient (Wildman–Crippen LogP) is -1.46. The van der Waals surface area contributed by atoms with Crippen LogP contribution in [0.1, 0.15) is 6.42 Å². The highest BCUT2D eigenvalue weighted by molar-refractivity contribution is 6.51. The second-order valence-corrected chi connectivity index (χ2v) is 7.64. The van der Waals surface area contributed by atoms with E-state index in [0.29, 0.717) is 0 Å². The minimum absolute atomic E-state index is 0.330. The van der Waals surface area contributed by atoms with Crippen molar-refractivity contribution in [3.63, 3.8) is 0 Å². The van der Waals surface area contributed by atoms with E-state index in [4.69, 9.17) is 14.6 Å². The zero-order valence-electron chi connectivity index (χ0n) is 6.80. The third kappa shape index (κ3) is 5.13. The fraction of sp³-hybridized carbons (Fsp3) is 1.00. The minimum Gasteiger partial charge on any atom is -0.427 e. The highest BCUT2D eigenvalue weighted by Gasteiger charge is 2.07. The normalized spacial score (nSPS) is 15.9. The van der Waals surface area contributed by atoms with Crippen LogP contribution in [-0.4, -0.2) is 40.3 Å². The van der Waals surface area contributed by atoms with Gasteiger partial charge in [-0.15, -0.1) is 0 Å². The Morgan fingerprint density at radius 1 is 1.30 bits per heavy atom. The number of hydrogen-bond donors (Lipinski definition) is 1. The lowest BCUT2D eigenvalue weighted by Crippen LogP contribution is -2.18. The Balaban J connectivity index is 3.30. The Morgan fingerprint density at radius 2 is 1.80 bits per heavy atom. The van der Waals surface area contributed by atoms with Gasteiger partial charge in [0.2, 0.25) is 0 Å². The molecule has 0 amide bonds. The zero-order chi connectivity index (χ0) is 7.82. The summed E-state index contributed by atoms with van der Waals surface area (Å²) in [6.07, 6.45) is 1.10. The van der Waals surface area contributed by atoms with Gasteiger partial charge in [0.1, 0.15) is 0 Å². The summed E-state index contributed by atoms with van der Waals surface area (Å²) >= 11 is 0. The van der Waals surface area contributed by atoms with Gasteiger partial charge < -0.3 is 14.6 Å². The van der Waals surface area contributed by atoms with Crippen LogP contribution in [-0.2, 0) is 8.85 Å². The van der Waals surface area contributed by atoms with E-state index in [1.807, 2.05) is 0 Å². The average molecular weight is 179 g/mol. The van der Waals surface area contributed by atoms with Gasteiger partial charge in [-0.25, -0.2) is 0 Å². The molecule has 0 atom stereocenters. The van der Waals surface area contributed by atoms with Crippen LogP contribution in [0.15, 0.2) is 0 Å². The fourth-order valence-electron chi connectivity index (χ4n) is 0.922. The summed E-state index contributed by atoms with van der Waals surface area (Å²) in [5.41, 5.74) is 5.42. The van der Waals surface area contributed by atoms with Crippen LogP contribution < -0.4 is 5.73 Å². The van der Waals surface area contributed by atoms with E-state index in [2.05, 4.69) is 0 Å². The molecule has 0 aliphatic rings. The van der Waals surface area contributed by atoms with E-state index < -0.39 is 0 Å². The summed E-state index contributed by atoms with van der Waals surface area (Å²) in [7, 11) is 2.90. The van der Waals surface area contributed by atoms with E-state index in [-0.39, 0.29) is 19.5 Å². The van der Waals surface area contributed by atoms with Crippen molar-refractivity contribution in [2.24, 2.45) is 5.73 Å². The van der Waals surface area contributed by atoms with E-state index in [1.165, 1.54) is 0 Å². The highest BCUT2D eigenvalue weighted by atomic mass is 28.3. The summed E-state index contributed by atoms with van der Waals surface area (Å²) in [4.78, 5) is 0. The average Bonchev–Trinajstić information content (AvgIpc) is 1.90. The van der Waals surface area contributed by atoms with E-state index in [9.17, 15) is 0 Å². The van der Waals surface area contributed by atoms with Gasteiger partial charge in [0.25, 0.3) is 0 Å². The van der Waals surface area contributed by atoms with Crippen molar-refractivity contribution < 1.29 is 8.85 Å². The number of nitrogens with two attached hydrogens (primary N) is 1. The number of hydrogen-bond acceptors (Lipinski definition) is 3. The molecule has 0 aromatic heterocycles. The van der Waals surface area contributed by atoms with Crippen molar-refractivity contribution in [3.8, 4) is 0 Å². The van der Waals surface area contributed by atoms with Gasteiger partial charge in [0.05, 0.1) is 0 Å². The second kappa shape index (κ2) is 7.42. The molecule has 0 radical (unpaired) electrons. The van der Waals surface area contributed by atoms with Crippen molar-refractivity contribution in [1.29, 1.82) is 0 Å². The molecule has 5 heteroatoms. The monoisotopic (exact) mass is 179 g/mol. The van der Waals surface area contributed by atoms with E-state index in [0.717, 1.165) is 18.1 Å². The summed E-state index contributed by atoms with van der Waals surface area (Å²) < 4.78 is 10.3. The highest BCUT2D eigenvalue weighted by Crippen LogP contribution is 2.04. The molecule has 62 valence electrons. The Morgan fingerprint density at radius 3 is 2.10 bits per heavy atom. The molecule has 0 rings (SSSR count). The number of rotatable bonds is 6. The van der Waals surface area contributed by atoms with Crippen molar-refractivity contribution in [3.05, 3.63) is 0 Å². The van der Waals surface area contributed by atoms with E-state index >= 15 is 0 Å². The fourth-order valence-corrected chi connectivity index (χ4v) is 4.47. The molecule has 0 aliphatic heterocycles. The Bertz CT molecular complexity index is 60.4. The molecule has 10 heavy (non-hydrogen) atoms. The Kier molecular flexibility index (Phi) is 7.65. The summed E-state index contributed by atoms with van der Waals surface area (Å²) in [5, 5.41) is 0.736. The minimum atomic E-state index is -0.330. The van der Waals surface area contributed by atoms with Crippen LogP contribution in [0.4, 0.5) is 0 Å². The van der Waals surface area contributed by atoms with Gasteiger partial charge >= 0.3 is 0 Å². The first kappa shape index (κ1) is 10.3. The maximum absolute atomic E-state index is 5.42. The van der Waals surface area contributed by atoms with Crippen molar-refractivity contribution in [2.45, 2.75) is 11.6 Å². The molecule has 0 aromatic carbocycles. The SMILES string of the molecule is CO[SiH2]C(CCN)[SiH2]OC. The van der Waals surface area contributed by atoms with Gasteiger partial charge in [0, 0.05) is 14.2 Å². The topological polar surface area (TPSA) is 44.5 Å². The first-order chi connectivity index (χ1) is 4.85. The van der Waals surface area contributed by atoms with Gasteiger partial charge in [-0.2, -0.15) is 0 Å². The van der Waals surface area contributed by atoms with Crippen LogP contribution in [0, 0.1) is 0 Å². The lowest BCUT2D eigenvalue weighted by atomic mass is 10.5. The molecule has 2 N–H and O–H groups in total. The molecular weight excluding hydrogens is 162 g/mol. The third-order valence-corrected chi connectivity index (χ3v) is 5.22. The molecule has 3 nitrogen and oxygen atoms in total. The predicted molar refractivity (Wildman–Crippen MR) is 48.5 cm³/mol. The molecule has 0 fully saturated rings. The van der Waals surface area contributed by atoms with Crippen molar-refractivity contribution in [2.75, 3.05) is 20.8 Å². The van der Waals surface area contributed by atoms with Crippen molar-refractivity contribution >= 4 is 19.5 Å². The van der Waals surface area contributed by atoms with Gasteiger partial charge in [0.15, 0.2) is 19.5 Å². The second-order valence-electron chi connectivity index (χ2n) is 2.35. The maximum Gasteiger partial charge on any atom is 0.163 e. The quantitative estimate of drug-likeness (QED) is 0.507. The molecule has 0 unspecified atom stereocenters. The molecule has 0 spiro atoms. The van der Waals surface area contributed by atoms with Gasteiger partial charge in [-0.3, -0.25) is 0 Å². The van der Waals surface area contributed by atoms with Crippen LogP contribution in [0.3, 0.4) is 0 Å². The Hall–Kier alpha value is 0.314. The van der Waals surface area contributed by atoms with E-state index in [1.54, 1.807) is 14.2 Å². The molecule has 0 aliphatic carbocycles. The lowest BCUT2D eigenvalue weighted by molar-refractivity contribution is 0.415. The molecule has 0 heterocycles. The maximum atomic E-state index is 5.42. The summed E-state index contributed by atoms with van der Waals surface area (Å²) in [6.45, 7) is 0.775. The largest absolute Gasteiger partial charge is 0.427 e. The molecule has 0 saturated heterocycles. The van der Waals surface area contributed by atoms with Crippen LogP contribution in [0.25, 0.3) is 0 Å². The standard InChI is InChI=1S/C5H17NO2Si2/c1-7-9-5(3-4-6)10-8-2/h5H,3-4,6,9-10H2,1-2H3. The molecule has 0 aromatic rings. The smallest absolute Gasteiger partial charge is 0.163 e. The molecule has 0 saturated carbocycles. The Labute approximate surface area is 67.2 Å². The first-order valence-electron chi connectivity index (χ1n) is 3.53. The van der Waals surface area contributed by atoms with Crippen LogP contribution >= 0.6 is 0 Å². The van der Waals surface area contributed by atoms with Crippen LogP contribution in [0.5, 0.6) is 0 Å². The van der Waals surface area contributed by atoms with Crippen LogP contribution in [0.2, 0.25) is 5.16 Å². The van der Waals surface area contributed by atoms with Gasteiger partial charge in [-0.05, 0) is 18.1 Å². The summed E-state index contributed by atoms with van der Waals surface area (Å²) in [6, 6.07) is 0.